The van der Waals surface area contributed by atoms with E-state index in [0.717, 1.165) is 31.2 Å². The number of carbonyl (C=O) groups excluding carboxylic acids is 1. The molecule has 0 heterocycles. The van der Waals surface area contributed by atoms with E-state index in [2.05, 4.69) is 5.32 Å². The van der Waals surface area contributed by atoms with Gasteiger partial charge >= 0.3 is 0 Å². The lowest BCUT2D eigenvalue weighted by Gasteiger charge is -2.26. The predicted octanol–water partition coefficient (Wildman–Crippen LogP) is 3.29. The highest BCUT2D eigenvalue weighted by atomic mass is 19.1. The fraction of sp³-hybridized carbons (Fsp3) is 0.588. The van der Waals surface area contributed by atoms with E-state index in [-0.39, 0.29) is 23.5 Å². The van der Waals surface area contributed by atoms with Crippen LogP contribution in [0.15, 0.2) is 18.2 Å². The summed E-state index contributed by atoms with van der Waals surface area (Å²) in [5, 5.41) is 12.0. The molecule has 3 nitrogen and oxygen atoms in total. The predicted molar refractivity (Wildman–Crippen MR) is 80.0 cm³/mol. The zero-order valence-electron chi connectivity index (χ0n) is 12.6. The van der Waals surface area contributed by atoms with Gasteiger partial charge in [0.15, 0.2) is 0 Å². The topological polar surface area (TPSA) is 49.3 Å². The van der Waals surface area contributed by atoms with Crippen molar-refractivity contribution in [2.45, 2.75) is 58.6 Å². The minimum absolute atomic E-state index is 0.0827. The van der Waals surface area contributed by atoms with E-state index < -0.39 is 5.82 Å². The van der Waals surface area contributed by atoms with Crippen LogP contribution in [-0.2, 0) is 17.9 Å². The van der Waals surface area contributed by atoms with Crippen molar-refractivity contribution in [3.63, 3.8) is 0 Å². The lowest BCUT2D eigenvalue weighted by Crippen LogP contribution is -2.38. The number of amides is 1. The van der Waals surface area contributed by atoms with Gasteiger partial charge in [-0.05, 0) is 30.5 Å². The summed E-state index contributed by atoms with van der Waals surface area (Å²) in [4.78, 5) is 12.4. The van der Waals surface area contributed by atoms with E-state index in [1.165, 1.54) is 18.9 Å². The van der Waals surface area contributed by atoms with Crippen molar-refractivity contribution < 1.29 is 14.3 Å². The summed E-state index contributed by atoms with van der Waals surface area (Å²) >= 11 is 0. The van der Waals surface area contributed by atoms with Crippen molar-refractivity contribution in [3.8, 4) is 0 Å². The van der Waals surface area contributed by atoms with Crippen LogP contribution in [-0.4, -0.2) is 11.0 Å². The van der Waals surface area contributed by atoms with Crippen molar-refractivity contribution in [2.75, 3.05) is 0 Å². The van der Waals surface area contributed by atoms with Crippen molar-refractivity contribution in [1.82, 2.24) is 5.32 Å². The number of nitrogens with one attached hydrogen (secondary N) is 1. The Kier molecular flexibility index (Phi) is 5.34. The summed E-state index contributed by atoms with van der Waals surface area (Å²) in [6, 6.07) is 4.58. The maximum absolute atomic E-state index is 13.3. The fourth-order valence-electron chi connectivity index (χ4n) is 2.99. The summed E-state index contributed by atoms with van der Waals surface area (Å²) in [5.41, 5.74) is 0.796. The van der Waals surface area contributed by atoms with Gasteiger partial charge in [0.2, 0.25) is 5.91 Å². The summed E-state index contributed by atoms with van der Waals surface area (Å²) in [6.07, 6.45) is 6.50. The maximum atomic E-state index is 13.3. The zero-order valence-corrected chi connectivity index (χ0v) is 12.6. The highest BCUT2D eigenvalue weighted by Gasteiger charge is 2.33. The molecule has 1 saturated carbocycles. The Hall–Kier alpha value is -1.42. The molecule has 0 saturated heterocycles. The van der Waals surface area contributed by atoms with Crippen LogP contribution in [0.25, 0.3) is 0 Å². The van der Waals surface area contributed by atoms with Gasteiger partial charge in [0.1, 0.15) is 5.82 Å². The Morgan fingerprint density at radius 3 is 2.57 bits per heavy atom. The molecule has 0 radical (unpaired) electrons. The molecule has 0 spiro atoms. The summed E-state index contributed by atoms with van der Waals surface area (Å²) < 4.78 is 13.3. The van der Waals surface area contributed by atoms with Crippen LogP contribution < -0.4 is 5.32 Å². The Balaban J connectivity index is 1.97. The van der Waals surface area contributed by atoms with Crippen molar-refractivity contribution in [1.29, 1.82) is 0 Å². The van der Waals surface area contributed by atoms with Crippen LogP contribution in [0.4, 0.5) is 4.39 Å². The molecule has 1 aliphatic carbocycles. The molecule has 0 aliphatic heterocycles. The molecule has 1 fully saturated rings. The molecular weight excluding hydrogens is 269 g/mol. The second-order valence-corrected chi connectivity index (χ2v) is 6.24. The number of hydrogen-bond donors (Lipinski definition) is 2. The van der Waals surface area contributed by atoms with Crippen LogP contribution in [0.1, 0.15) is 56.6 Å². The van der Waals surface area contributed by atoms with Gasteiger partial charge in [-0.1, -0.05) is 38.7 Å². The highest BCUT2D eigenvalue weighted by Crippen LogP contribution is 2.34. The quantitative estimate of drug-likeness (QED) is 0.837. The van der Waals surface area contributed by atoms with Crippen LogP contribution in [0.5, 0.6) is 0 Å². The largest absolute Gasteiger partial charge is 0.392 e. The van der Waals surface area contributed by atoms with Crippen molar-refractivity contribution >= 4 is 5.91 Å². The maximum Gasteiger partial charge on any atom is 0.226 e. The highest BCUT2D eigenvalue weighted by molar-refractivity contribution is 5.82. The molecule has 116 valence electrons. The average molecular weight is 293 g/mol. The standard InChI is InChI=1S/C17H24FNO2/c1-17(8-4-2-3-5-9-17)16(21)19-11-13-6-7-15(18)14(10-13)12-20/h6-7,10,20H,2-5,8-9,11-12H2,1H3,(H,19,21). The van der Waals surface area contributed by atoms with Crippen LogP contribution >= 0.6 is 0 Å². The van der Waals surface area contributed by atoms with E-state index in [4.69, 9.17) is 5.11 Å². The molecule has 2 rings (SSSR count). The Bertz CT molecular complexity index is 494. The molecule has 2 N–H and O–H groups in total. The van der Waals surface area contributed by atoms with E-state index in [0.29, 0.717) is 6.54 Å². The minimum Gasteiger partial charge on any atom is -0.392 e. The van der Waals surface area contributed by atoms with Gasteiger partial charge in [0.05, 0.1) is 6.61 Å². The SMILES string of the molecule is CC1(C(=O)NCc2ccc(F)c(CO)c2)CCCCCC1. The molecule has 1 aromatic rings. The molecule has 21 heavy (non-hydrogen) atoms. The number of aliphatic hydroxyl groups excluding tert-OH is 1. The molecule has 0 aromatic heterocycles. The van der Waals surface area contributed by atoms with E-state index in [9.17, 15) is 9.18 Å². The van der Waals surface area contributed by atoms with Gasteiger partial charge in [0.25, 0.3) is 0 Å². The van der Waals surface area contributed by atoms with Gasteiger partial charge in [-0.3, -0.25) is 4.79 Å². The second kappa shape index (κ2) is 7.03. The van der Waals surface area contributed by atoms with Crippen LogP contribution in [0, 0.1) is 11.2 Å². The lowest BCUT2D eigenvalue weighted by atomic mass is 9.81. The van der Waals surface area contributed by atoms with Crippen molar-refractivity contribution in [3.05, 3.63) is 35.1 Å². The van der Waals surface area contributed by atoms with Gasteiger partial charge in [0, 0.05) is 17.5 Å². The average Bonchev–Trinajstić information content (AvgIpc) is 2.71. The number of aliphatic hydroxyl groups is 1. The normalized spacial score (nSPS) is 18.0. The Labute approximate surface area is 125 Å². The third kappa shape index (κ3) is 4.03. The summed E-state index contributed by atoms with van der Waals surface area (Å²) in [6.45, 7) is 2.09. The smallest absolute Gasteiger partial charge is 0.226 e. The first-order valence-electron chi connectivity index (χ1n) is 7.72. The number of carbonyl (C=O) groups is 1. The molecular formula is C17H24FNO2. The molecule has 1 aliphatic rings. The zero-order chi connectivity index (χ0) is 15.3. The first kappa shape index (κ1) is 16.0. The van der Waals surface area contributed by atoms with E-state index in [1.807, 2.05) is 6.92 Å². The second-order valence-electron chi connectivity index (χ2n) is 6.24. The van der Waals surface area contributed by atoms with Gasteiger partial charge in [-0.25, -0.2) is 4.39 Å². The summed E-state index contributed by atoms with van der Waals surface area (Å²) in [5.74, 6) is -0.331. The van der Waals surface area contributed by atoms with E-state index >= 15 is 0 Å². The van der Waals surface area contributed by atoms with Crippen LogP contribution in [0.2, 0.25) is 0 Å². The first-order valence-corrected chi connectivity index (χ1v) is 7.72. The first-order chi connectivity index (χ1) is 10.0. The summed E-state index contributed by atoms with van der Waals surface area (Å²) in [7, 11) is 0. The molecule has 4 heteroatoms. The third-order valence-electron chi connectivity index (χ3n) is 4.49. The Morgan fingerprint density at radius 2 is 1.95 bits per heavy atom. The molecule has 1 aromatic carbocycles. The van der Waals surface area contributed by atoms with Crippen LogP contribution in [0.3, 0.4) is 0 Å². The third-order valence-corrected chi connectivity index (χ3v) is 4.49. The lowest BCUT2D eigenvalue weighted by molar-refractivity contribution is -0.131. The molecule has 0 atom stereocenters. The van der Waals surface area contributed by atoms with E-state index in [1.54, 1.807) is 12.1 Å². The monoisotopic (exact) mass is 293 g/mol. The number of rotatable bonds is 4. The van der Waals surface area contributed by atoms with Gasteiger partial charge in [-0.15, -0.1) is 0 Å². The molecule has 0 bridgehead atoms. The number of benzene rings is 1. The van der Waals surface area contributed by atoms with Crippen molar-refractivity contribution in [2.24, 2.45) is 5.41 Å². The number of halogens is 1. The number of hydrogen-bond acceptors (Lipinski definition) is 2. The van der Waals surface area contributed by atoms with Gasteiger partial charge < -0.3 is 10.4 Å². The fourth-order valence-corrected chi connectivity index (χ4v) is 2.99. The minimum atomic E-state index is -0.414. The van der Waals surface area contributed by atoms with Gasteiger partial charge in [-0.2, -0.15) is 0 Å². The Morgan fingerprint density at radius 1 is 1.29 bits per heavy atom. The molecule has 1 amide bonds. The molecule has 0 unspecified atom stereocenters.